The molecule has 6 N–H and O–H groups in total. The lowest BCUT2D eigenvalue weighted by molar-refractivity contribution is -0.322. The molecule has 1 amide bonds. The summed E-state index contributed by atoms with van der Waals surface area (Å²) in [6.45, 7) is 4.45. The minimum absolute atomic E-state index is 0.00848. The van der Waals surface area contributed by atoms with E-state index in [1.54, 1.807) is 44.6 Å². The van der Waals surface area contributed by atoms with E-state index in [0.717, 1.165) is 18.9 Å². The molecule has 7 rings (SSSR count). The highest BCUT2D eigenvalue weighted by Gasteiger charge is 2.61. The number of amides is 1. The Balaban J connectivity index is 1.35. The number of nitrogens with one attached hydrogen (secondary N) is 3. The Morgan fingerprint density at radius 3 is 2.68 bits per heavy atom. The Hall–Kier alpha value is -4.00. The van der Waals surface area contributed by atoms with Crippen molar-refractivity contribution in [3.05, 3.63) is 71.2 Å². The molecule has 4 heterocycles. The average molecular weight is 967 g/mol. The molecule has 0 unspecified atom stereocenters. The van der Waals surface area contributed by atoms with Crippen molar-refractivity contribution in [2.45, 2.75) is 86.2 Å². The third kappa shape index (κ3) is 9.87. The van der Waals surface area contributed by atoms with Crippen LogP contribution in [0.25, 0.3) is 21.8 Å². The van der Waals surface area contributed by atoms with Crippen molar-refractivity contribution in [1.82, 2.24) is 20.6 Å². The van der Waals surface area contributed by atoms with Gasteiger partial charge in [0.15, 0.2) is 24.0 Å². The molecule has 2 fully saturated rings. The highest BCUT2D eigenvalue weighted by atomic mass is 33.5. The van der Waals surface area contributed by atoms with Gasteiger partial charge >= 0.3 is 6.09 Å². The molecule has 2 aliphatic heterocycles. The molecule has 2 aromatic heterocycles. The molecule has 3 aromatic rings. The van der Waals surface area contributed by atoms with Crippen molar-refractivity contribution in [2.24, 2.45) is 0 Å². The van der Waals surface area contributed by atoms with Crippen molar-refractivity contribution < 1.29 is 58.1 Å². The number of nitrogens with zero attached hydrogens (tertiary/aromatic N) is 1. The van der Waals surface area contributed by atoms with Gasteiger partial charge in [-0.05, 0) is 72.2 Å². The van der Waals surface area contributed by atoms with E-state index in [9.17, 15) is 24.9 Å². The van der Waals surface area contributed by atoms with Crippen molar-refractivity contribution in [1.29, 1.82) is 0 Å². The van der Waals surface area contributed by atoms with E-state index < -0.39 is 71.4 Å². The van der Waals surface area contributed by atoms with Gasteiger partial charge in [-0.25, -0.2) is 4.79 Å². The minimum atomic E-state index is -2.04. The van der Waals surface area contributed by atoms with Crippen LogP contribution in [0.3, 0.4) is 0 Å². The zero-order valence-corrected chi connectivity index (χ0v) is 39.6. The van der Waals surface area contributed by atoms with Gasteiger partial charge in [-0.3, -0.25) is 19.9 Å². The summed E-state index contributed by atoms with van der Waals surface area (Å²) in [5.41, 5.74) is -1.06. The average Bonchev–Trinajstić information content (AvgIpc) is 3.67. The highest BCUT2D eigenvalue weighted by molar-refractivity contribution is 9.09. The monoisotopic (exact) mass is 966 g/mol. The molecule has 0 radical (unpaired) electrons. The van der Waals surface area contributed by atoms with Crippen LogP contribution in [0.5, 0.6) is 5.75 Å². The zero-order chi connectivity index (χ0) is 46.5. The van der Waals surface area contributed by atoms with Gasteiger partial charge in [0.1, 0.15) is 34.5 Å². The van der Waals surface area contributed by atoms with E-state index in [-0.39, 0.29) is 53.5 Å². The number of allylic oxidation sites excluding steroid dienone is 3. The summed E-state index contributed by atoms with van der Waals surface area (Å²) in [6, 6.07) is 6.39. The Labute approximate surface area is 391 Å². The fourth-order valence-electron chi connectivity index (χ4n) is 8.60. The molecule has 0 spiro atoms. The number of hydrogen-bond donors (Lipinski definition) is 6. The van der Waals surface area contributed by atoms with Crippen LogP contribution in [0, 0.1) is 23.7 Å². The highest BCUT2D eigenvalue weighted by Crippen LogP contribution is 2.47. The SMILES string of the molecule is CCN[C@H]1CO[C@@H](O[C@H]2[C@@H](O[C@H]3C#C/C=C\C#C[C@]4(O)CC(=O)C(NC(=O)OC)=C3C4=CCSSSC)O[C@H](C)[C@@](SC)(C(=O)c3nccc4c3[nH]c3ccc(O)cc34)[C@@H]2O)C[C@@H]1OC. The molecule has 0 saturated carbocycles. The number of hydrogen-bond acceptors (Lipinski definition) is 18. The molecule has 2 bridgehead atoms. The molecule has 1 aromatic carbocycles. The van der Waals surface area contributed by atoms with Crippen molar-refractivity contribution >= 4 is 82.6 Å². The summed E-state index contributed by atoms with van der Waals surface area (Å²) < 4.78 is 35.4. The van der Waals surface area contributed by atoms with E-state index in [4.69, 9.17) is 28.4 Å². The largest absolute Gasteiger partial charge is 0.508 e. The third-order valence-electron chi connectivity index (χ3n) is 11.6. The van der Waals surface area contributed by atoms with E-state index in [2.05, 4.69) is 44.3 Å². The summed E-state index contributed by atoms with van der Waals surface area (Å²) in [5.74, 6) is 10.6. The molecule has 346 valence electrons. The normalized spacial score (nSPS) is 31.2. The molecular formula is C45H50N4O12S4. The zero-order valence-electron chi connectivity index (χ0n) is 36.4. The Morgan fingerprint density at radius 1 is 1.14 bits per heavy atom. The van der Waals surface area contributed by atoms with Crippen molar-refractivity contribution in [3.8, 4) is 29.4 Å². The molecule has 2 aliphatic carbocycles. The maximum atomic E-state index is 15.3. The maximum absolute atomic E-state index is 15.3. The number of ether oxygens (including phenoxy) is 6. The first-order valence-corrected chi connectivity index (χ1v) is 25.9. The number of aromatic amines is 1. The lowest BCUT2D eigenvalue weighted by Crippen LogP contribution is -2.68. The van der Waals surface area contributed by atoms with E-state index in [1.165, 1.54) is 55.8 Å². The first-order chi connectivity index (χ1) is 31.3. The number of alkyl carbamates (subject to hydrolysis) is 1. The number of aromatic hydroxyl groups is 1. The van der Waals surface area contributed by atoms with Crippen LogP contribution in [0.1, 0.15) is 37.2 Å². The number of methoxy groups -OCH3 is 2. The Bertz CT molecular complexity index is 2530. The Morgan fingerprint density at radius 2 is 1.94 bits per heavy atom. The first kappa shape index (κ1) is 48.9. The molecule has 10 atom stereocenters. The number of rotatable bonds is 15. The number of benzene rings is 1. The lowest BCUT2D eigenvalue weighted by atomic mass is 9.75. The van der Waals surface area contributed by atoms with Gasteiger partial charge in [0.2, 0.25) is 5.78 Å². The topological polar surface area (TPSA) is 220 Å². The minimum Gasteiger partial charge on any atom is -0.508 e. The number of carbonyl (C=O) groups is 3. The van der Waals surface area contributed by atoms with E-state index >= 15 is 4.79 Å². The number of likely N-dealkylation sites (N-methyl/N-ethyl adjacent to an activating group) is 1. The Kier molecular flexibility index (Phi) is 16.0. The molecule has 16 nitrogen and oxygen atoms in total. The number of aliphatic hydroxyl groups is 2. The molecule has 2 saturated heterocycles. The number of fused-ring (bicyclic) bond motifs is 5. The fraction of sp³-hybridized carbons (Fsp3) is 0.467. The number of ketones is 2. The summed E-state index contributed by atoms with van der Waals surface area (Å²) in [4.78, 5) is 50.0. The van der Waals surface area contributed by atoms with Crippen LogP contribution in [-0.4, -0.2) is 148 Å². The van der Waals surface area contributed by atoms with Gasteiger partial charge < -0.3 is 54.0 Å². The standard InChI is InChI=1S/C45H50N4O12S4/c1-7-46-30-23-58-34(21-33(30)56-3)61-39-41(53)45(62-5,40(52)38-36-26(15-18-47-38)27-20-25(50)13-14-29(27)48-36)24(2)59-42(39)60-32-12-10-8-9-11-17-44(55)22-31(51)37(49-43(54)57-4)35(32)28(44)16-19-64-65-63-6/h8-9,13-16,18,20,24,30,32-34,39,41-42,46,48,50,53,55H,7,19,21-23H2,1-6H3,(H,49,54)/b9-8-,28-16?/t24-,30+,32+,33+,34+,39-,41-,42-,44+,45-/m1/s1. The smallest absolute Gasteiger partial charge is 0.411 e. The molecular weight excluding hydrogens is 917 g/mol. The predicted molar refractivity (Wildman–Crippen MR) is 252 cm³/mol. The number of H-pyrrole nitrogens is 1. The van der Waals surface area contributed by atoms with Gasteiger partial charge in [-0.2, -0.15) is 0 Å². The molecule has 20 heteroatoms. The number of phenols is 1. The lowest BCUT2D eigenvalue weighted by Gasteiger charge is -2.51. The summed E-state index contributed by atoms with van der Waals surface area (Å²) in [6.07, 6.45) is -0.241. The van der Waals surface area contributed by atoms with Gasteiger partial charge in [0.25, 0.3) is 0 Å². The molecule has 4 aliphatic rings. The second-order valence-electron chi connectivity index (χ2n) is 15.3. The predicted octanol–water partition coefficient (Wildman–Crippen LogP) is 4.80. The number of Topliss-reactive ketones (excluding diaryl/α,β-unsaturated/α-hetero) is 2. The third-order valence-corrected chi connectivity index (χ3v) is 16.8. The van der Waals surface area contributed by atoms with Crippen LogP contribution >= 0.6 is 43.2 Å². The van der Waals surface area contributed by atoms with Gasteiger partial charge in [-0.15, -0.1) is 11.8 Å². The number of pyridine rings is 1. The van der Waals surface area contributed by atoms with Gasteiger partial charge in [-0.1, -0.05) is 58.3 Å². The number of carbonyl (C=O) groups excluding carboxylic acids is 3. The van der Waals surface area contributed by atoms with Crippen molar-refractivity contribution in [3.63, 3.8) is 0 Å². The van der Waals surface area contributed by atoms with E-state index in [0.29, 0.717) is 34.1 Å². The maximum Gasteiger partial charge on any atom is 0.411 e. The van der Waals surface area contributed by atoms with Crippen LogP contribution in [-0.2, 0) is 33.2 Å². The van der Waals surface area contributed by atoms with E-state index in [1.807, 2.05) is 13.2 Å². The summed E-state index contributed by atoms with van der Waals surface area (Å²) >= 11 is 1.06. The quantitative estimate of drug-likeness (QED) is 0.0522. The van der Waals surface area contributed by atoms with Crippen LogP contribution < -0.4 is 10.6 Å². The van der Waals surface area contributed by atoms with Crippen molar-refractivity contribution in [2.75, 3.05) is 45.6 Å². The summed E-state index contributed by atoms with van der Waals surface area (Å²) in [5, 5.41) is 42.6. The second kappa shape index (κ2) is 21.3. The number of thioether (sulfide) groups is 1. The van der Waals surface area contributed by atoms with Crippen LogP contribution in [0.4, 0.5) is 4.79 Å². The fourth-order valence-corrected chi connectivity index (χ4v) is 12.1. The first-order valence-electron chi connectivity index (χ1n) is 20.6. The summed E-state index contributed by atoms with van der Waals surface area (Å²) in [7, 11) is 7.23. The van der Waals surface area contributed by atoms with Gasteiger partial charge in [0.05, 0.1) is 49.6 Å². The number of aliphatic hydroxyl groups excluding tert-OH is 1. The van der Waals surface area contributed by atoms with Crippen LogP contribution in [0.2, 0.25) is 0 Å². The number of phenolic OH excluding ortho intramolecular Hbond substituents is 1. The van der Waals surface area contributed by atoms with Gasteiger partial charge in [0, 0.05) is 52.9 Å². The number of aromatic nitrogens is 2. The van der Waals surface area contributed by atoms with Crippen LogP contribution in [0.15, 0.2) is 65.5 Å². The molecule has 65 heavy (non-hydrogen) atoms. The second-order valence-corrected chi connectivity index (χ2v) is 20.8.